The fourth-order valence-corrected chi connectivity index (χ4v) is 1.74. The summed E-state index contributed by atoms with van der Waals surface area (Å²) < 4.78 is 9.79. The first-order valence-corrected chi connectivity index (χ1v) is 6.84. The third-order valence-corrected chi connectivity index (χ3v) is 2.95. The zero-order valence-electron chi connectivity index (χ0n) is 11.8. The van der Waals surface area contributed by atoms with Gasteiger partial charge in [0, 0.05) is 0 Å². The smallest absolute Gasteiger partial charge is 0.340 e. The molecule has 1 fully saturated rings. The molecular weight excluding hydrogens is 274 g/mol. The molecule has 1 aromatic carbocycles. The number of para-hydroxylation sites is 1. The van der Waals surface area contributed by atoms with Crippen molar-refractivity contribution in [1.82, 2.24) is 0 Å². The molecule has 1 saturated carbocycles. The number of ether oxygens (including phenoxy) is 2. The minimum atomic E-state index is -0.511. The van der Waals surface area contributed by atoms with Crippen LogP contribution in [-0.2, 0) is 19.1 Å². The van der Waals surface area contributed by atoms with Crippen LogP contribution in [0.5, 0.6) is 0 Å². The van der Waals surface area contributed by atoms with Gasteiger partial charge in [0.25, 0.3) is 5.91 Å². The first-order chi connectivity index (χ1) is 10.1. The van der Waals surface area contributed by atoms with Crippen LogP contribution in [0.2, 0.25) is 0 Å². The van der Waals surface area contributed by atoms with Crippen molar-refractivity contribution in [2.75, 3.05) is 18.5 Å². The van der Waals surface area contributed by atoms with Crippen molar-refractivity contribution >= 4 is 23.5 Å². The van der Waals surface area contributed by atoms with Crippen LogP contribution in [0.15, 0.2) is 24.3 Å². The van der Waals surface area contributed by atoms with Crippen molar-refractivity contribution in [3.05, 3.63) is 29.8 Å². The van der Waals surface area contributed by atoms with E-state index in [1.807, 2.05) is 0 Å². The van der Waals surface area contributed by atoms with Crippen LogP contribution < -0.4 is 5.32 Å². The first-order valence-electron chi connectivity index (χ1n) is 6.84. The highest BCUT2D eigenvalue weighted by Crippen LogP contribution is 2.30. The number of carbonyl (C=O) groups excluding carboxylic acids is 3. The predicted molar refractivity (Wildman–Crippen MR) is 74.7 cm³/mol. The summed E-state index contributed by atoms with van der Waals surface area (Å²) in [7, 11) is 0. The lowest BCUT2D eigenvalue weighted by Gasteiger charge is -2.10. The zero-order valence-corrected chi connectivity index (χ0v) is 11.8. The maximum Gasteiger partial charge on any atom is 0.340 e. The van der Waals surface area contributed by atoms with Crippen LogP contribution >= 0.6 is 0 Å². The van der Waals surface area contributed by atoms with Gasteiger partial charge in [0.2, 0.25) is 0 Å². The SMILES string of the molecule is CCOC(=O)c1ccccc1NC(=O)COC(=O)C1CC1. The number of esters is 2. The van der Waals surface area contributed by atoms with E-state index in [0.717, 1.165) is 12.8 Å². The second-order valence-corrected chi connectivity index (χ2v) is 4.70. The molecule has 0 saturated heterocycles. The Bertz CT molecular complexity index is 551. The molecule has 2 rings (SSSR count). The number of anilines is 1. The fourth-order valence-electron chi connectivity index (χ4n) is 1.74. The van der Waals surface area contributed by atoms with Gasteiger partial charge >= 0.3 is 11.9 Å². The molecule has 0 heterocycles. The molecule has 1 aliphatic rings. The summed E-state index contributed by atoms with van der Waals surface area (Å²) in [6.45, 7) is 1.60. The molecule has 0 spiro atoms. The van der Waals surface area contributed by atoms with Gasteiger partial charge in [-0.15, -0.1) is 0 Å². The van der Waals surface area contributed by atoms with Crippen molar-refractivity contribution in [3.8, 4) is 0 Å². The van der Waals surface area contributed by atoms with Crippen molar-refractivity contribution in [3.63, 3.8) is 0 Å². The van der Waals surface area contributed by atoms with E-state index in [2.05, 4.69) is 5.32 Å². The normalized spacial score (nSPS) is 13.4. The Morgan fingerprint density at radius 3 is 2.57 bits per heavy atom. The Balaban J connectivity index is 1.93. The Labute approximate surface area is 122 Å². The van der Waals surface area contributed by atoms with E-state index in [4.69, 9.17) is 9.47 Å². The molecule has 112 valence electrons. The molecule has 1 aliphatic carbocycles. The van der Waals surface area contributed by atoms with Crippen LogP contribution in [0, 0.1) is 5.92 Å². The average Bonchev–Trinajstić information content (AvgIpc) is 3.30. The van der Waals surface area contributed by atoms with Crippen molar-refractivity contribution in [1.29, 1.82) is 0 Å². The molecule has 1 N–H and O–H groups in total. The van der Waals surface area contributed by atoms with Gasteiger partial charge < -0.3 is 14.8 Å². The van der Waals surface area contributed by atoms with Gasteiger partial charge in [-0.3, -0.25) is 9.59 Å². The molecule has 1 aromatic rings. The molecule has 0 radical (unpaired) electrons. The van der Waals surface area contributed by atoms with E-state index in [9.17, 15) is 14.4 Å². The lowest BCUT2D eigenvalue weighted by molar-refractivity contribution is -0.148. The Morgan fingerprint density at radius 1 is 1.19 bits per heavy atom. The summed E-state index contributed by atoms with van der Waals surface area (Å²) in [5.74, 6) is -1.39. The third-order valence-electron chi connectivity index (χ3n) is 2.95. The summed E-state index contributed by atoms with van der Waals surface area (Å²) >= 11 is 0. The van der Waals surface area contributed by atoms with E-state index in [-0.39, 0.29) is 30.7 Å². The molecule has 6 nitrogen and oxygen atoms in total. The summed E-state index contributed by atoms with van der Waals surface area (Å²) in [4.78, 5) is 34.9. The molecule has 21 heavy (non-hydrogen) atoms. The van der Waals surface area contributed by atoms with Crippen molar-refractivity contribution < 1.29 is 23.9 Å². The van der Waals surface area contributed by atoms with Gasteiger partial charge in [0.15, 0.2) is 6.61 Å². The van der Waals surface area contributed by atoms with Crippen LogP contribution in [0.25, 0.3) is 0 Å². The number of amides is 1. The van der Waals surface area contributed by atoms with Crippen LogP contribution in [0.4, 0.5) is 5.69 Å². The third kappa shape index (κ3) is 4.30. The second-order valence-electron chi connectivity index (χ2n) is 4.70. The fraction of sp³-hybridized carbons (Fsp3) is 0.400. The monoisotopic (exact) mass is 291 g/mol. The van der Waals surface area contributed by atoms with Gasteiger partial charge in [0.1, 0.15) is 0 Å². The van der Waals surface area contributed by atoms with E-state index < -0.39 is 11.9 Å². The highest BCUT2D eigenvalue weighted by Gasteiger charge is 2.31. The largest absolute Gasteiger partial charge is 0.462 e. The van der Waals surface area contributed by atoms with E-state index in [1.165, 1.54) is 0 Å². The van der Waals surface area contributed by atoms with Gasteiger partial charge in [-0.2, -0.15) is 0 Å². The average molecular weight is 291 g/mol. The van der Waals surface area contributed by atoms with Crippen LogP contribution in [0.1, 0.15) is 30.1 Å². The van der Waals surface area contributed by atoms with Crippen molar-refractivity contribution in [2.45, 2.75) is 19.8 Å². The van der Waals surface area contributed by atoms with Crippen molar-refractivity contribution in [2.24, 2.45) is 5.92 Å². The Hall–Kier alpha value is -2.37. The maximum atomic E-state index is 11.8. The number of nitrogens with one attached hydrogen (secondary N) is 1. The molecule has 6 heteroatoms. The molecule has 0 aliphatic heterocycles. The van der Waals surface area contributed by atoms with Gasteiger partial charge in [0.05, 0.1) is 23.8 Å². The summed E-state index contributed by atoms with van der Waals surface area (Å²) in [5.41, 5.74) is 0.602. The predicted octanol–water partition coefficient (Wildman–Crippen LogP) is 1.75. The molecular formula is C15H17NO5. The number of rotatable bonds is 6. The first kappa shape index (κ1) is 15.0. The number of hydrogen-bond acceptors (Lipinski definition) is 5. The van der Waals surface area contributed by atoms with E-state index in [1.54, 1.807) is 31.2 Å². The summed E-state index contributed by atoms with van der Waals surface area (Å²) in [6.07, 6.45) is 1.65. The summed E-state index contributed by atoms with van der Waals surface area (Å²) in [5, 5.41) is 2.55. The Kier molecular flexibility index (Phi) is 4.92. The number of carbonyl (C=O) groups is 3. The molecule has 1 amide bonds. The topological polar surface area (TPSA) is 81.7 Å². The second kappa shape index (κ2) is 6.88. The molecule has 0 unspecified atom stereocenters. The van der Waals surface area contributed by atoms with Crippen LogP contribution in [-0.4, -0.2) is 31.1 Å². The van der Waals surface area contributed by atoms with E-state index >= 15 is 0 Å². The minimum Gasteiger partial charge on any atom is -0.462 e. The lowest BCUT2D eigenvalue weighted by atomic mass is 10.2. The van der Waals surface area contributed by atoms with Gasteiger partial charge in [-0.25, -0.2) is 4.79 Å². The Morgan fingerprint density at radius 2 is 1.90 bits per heavy atom. The molecule has 0 aromatic heterocycles. The number of hydrogen-bond donors (Lipinski definition) is 1. The lowest BCUT2D eigenvalue weighted by Crippen LogP contribution is -2.22. The summed E-state index contributed by atoms with van der Waals surface area (Å²) in [6, 6.07) is 6.51. The van der Waals surface area contributed by atoms with E-state index in [0.29, 0.717) is 5.69 Å². The standard InChI is InChI=1S/C15H17NO5/c1-2-20-15(19)11-5-3-4-6-12(11)16-13(17)9-21-14(18)10-7-8-10/h3-6,10H,2,7-9H2,1H3,(H,16,17). The number of benzene rings is 1. The zero-order chi connectivity index (χ0) is 15.2. The highest BCUT2D eigenvalue weighted by molar-refractivity contribution is 6.01. The minimum absolute atomic E-state index is 0.0513. The van der Waals surface area contributed by atoms with Gasteiger partial charge in [-0.05, 0) is 31.9 Å². The highest BCUT2D eigenvalue weighted by atomic mass is 16.5. The van der Waals surface area contributed by atoms with Gasteiger partial charge in [-0.1, -0.05) is 12.1 Å². The molecule has 0 bridgehead atoms. The quantitative estimate of drug-likeness (QED) is 0.808. The molecule has 0 atom stereocenters. The maximum absolute atomic E-state index is 11.8. The van der Waals surface area contributed by atoms with Crippen LogP contribution in [0.3, 0.4) is 0 Å².